The highest BCUT2D eigenvalue weighted by Gasteiger charge is 1.97. The lowest BCUT2D eigenvalue weighted by Crippen LogP contribution is -2.25. The van der Waals surface area contributed by atoms with E-state index < -0.39 is 0 Å². The fourth-order valence-electron chi connectivity index (χ4n) is 1.52. The van der Waals surface area contributed by atoms with Gasteiger partial charge < -0.3 is 0 Å². The molecule has 0 fully saturated rings. The highest BCUT2D eigenvalue weighted by Crippen LogP contribution is 2.14. The van der Waals surface area contributed by atoms with E-state index in [4.69, 9.17) is 0 Å². The summed E-state index contributed by atoms with van der Waals surface area (Å²) in [5.41, 5.74) is 0. The Morgan fingerprint density at radius 3 is 3.00 bits per heavy atom. The van der Waals surface area contributed by atoms with Crippen molar-refractivity contribution in [3.05, 3.63) is 45.3 Å². The maximum absolute atomic E-state index is 3.51. The molecule has 0 saturated heterocycles. The van der Waals surface area contributed by atoms with Crippen molar-refractivity contribution in [2.45, 2.75) is 12.8 Å². The summed E-state index contributed by atoms with van der Waals surface area (Å²) in [5.74, 6) is 0. The first-order valence-corrected chi connectivity index (χ1v) is 6.45. The number of rotatable bonds is 0. The molecule has 72 valence electrons. The van der Waals surface area contributed by atoms with E-state index >= 15 is 0 Å². The summed E-state index contributed by atoms with van der Waals surface area (Å²) in [6, 6.07) is 6.45. The molecule has 0 bridgehead atoms. The van der Waals surface area contributed by atoms with Crippen LogP contribution in [-0.4, -0.2) is 0 Å². The first kappa shape index (κ1) is 10.4. The van der Waals surface area contributed by atoms with E-state index in [9.17, 15) is 0 Å². The molecule has 14 heavy (non-hydrogen) atoms. The molecule has 1 aliphatic carbocycles. The van der Waals surface area contributed by atoms with Gasteiger partial charge in [-0.3, -0.25) is 0 Å². The highest BCUT2D eigenvalue weighted by atomic mass is 127. The molecule has 2 rings (SSSR count). The fraction of sp³-hybridized carbons (Fsp3) is 0.167. The Morgan fingerprint density at radius 1 is 1.29 bits per heavy atom. The minimum Gasteiger partial charge on any atom is -0.0842 e. The van der Waals surface area contributed by atoms with Gasteiger partial charge in [-0.2, -0.15) is 0 Å². The van der Waals surface area contributed by atoms with Gasteiger partial charge in [0.25, 0.3) is 0 Å². The summed E-state index contributed by atoms with van der Waals surface area (Å²) in [7, 11) is 0. The molecule has 0 saturated carbocycles. The van der Waals surface area contributed by atoms with Crippen molar-refractivity contribution in [2.75, 3.05) is 0 Å². The van der Waals surface area contributed by atoms with E-state index in [1.54, 1.807) is 0 Å². The zero-order valence-electron chi connectivity index (χ0n) is 7.63. The lowest BCUT2D eigenvalue weighted by Gasteiger charge is -2.01. The third-order valence-corrected chi connectivity index (χ3v) is 3.86. The van der Waals surface area contributed by atoms with Gasteiger partial charge in [0, 0.05) is 4.47 Å². The Balaban J connectivity index is 2.81. The van der Waals surface area contributed by atoms with Crippen molar-refractivity contribution in [3.63, 3.8) is 0 Å². The van der Waals surface area contributed by atoms with Crippen LogP contribution in [0, 0.1) is 0 Å². The van der Waals surface area contributed by atoms with E-state index in [0.29, 0.717) is 0 Å². The Hall–Kier alpha value is -0.0900. The van der Waals surface area contributed by atoms with Gasteiger partial charge in [-0.05, 0) is 61.6 Å². The van der Waals surface area contributed by atoms with Crippen molar-refractivity contribution < 1.29 is 0 Å². The van der Waals surface area contributed by atoms with Crippen LogP contribution >= 0.6 is 38.5 Å². The number of allylic oxidation sites excluding steroid dienone is 2. The summed E-state index contributed by atoms with van der Waals surface area (Å²) in [5, 5.41) is 2.68. The highest BCUT2D eigenvalue weighted by molar-refractivity contribution is 14.1. The van der Waals surface area contributed by atoms with Gasteiger partial charge >= 0.3 is 0 Å². The van der Waals surface area contributed by atoms with Gasteiger partial charge in [-0.25, -0.2) is 0 Å². The van der Waals surface area contributed by atoms with Crippen LogP contribution in [0.2, 0.25) is 0 Å². The lowest BCUT2D eigenvalue weighted by atomic mass is 10.1. The second-order valence-corrected chi connectivity index (χ2v) is 5.49. The van der Waals surface area contributed by atoms with Crippen molar-refractivity contribution in [3.8, 4) is 0 Å². The van der Waals surface area contributed by atoms with Crippen LogP contribution in [0.4, 0.5) is 0 Å². The van der Waals surface area contributed by atoms with E-state index in [0.717, 1.165) is 17.3 Å². The van der Waals surface area contributed by atoms with E-state index in [2.05, 4.69) is 74.9 Å². The number of hydrogen-bond acceptors (Lipinski definition) is 0. The Kier molecular flexibility index (Phi) is 3.44. The van der Waals surface area contributed by atoms with Crippen molar-refractivity contribution in [2.24, 2.45) is 0 Å². The molecule has 0 N–H and O–H groups in total. The summed E-state index contributed by atoms with van der Waals surface area (Å²) >= 11 is 5.96. The molecule has 0 unspecified atom stereocenters. The standard InChI is InChI=1S/C12H10BrI/c13-10-7-6-9-4-2-1-3-5-12(14)11(9)8-10/h1-2,4,6-8H,3,5H2/b2-1-,9-4-,12-11+. The zero-order chi connectivity index (χ0) is 9.97. The van der Waals surface area contributed by atoms with Crippen LogP contribution in [-0.2, 0) is 0 Å². The van der Waals surface area contributed by atoms with Gasteiger partial charge in [0.2, 0.25) is 0 Å². The predicted molar refractivity (Wildman–Crippen MR) is 73.7 cm³/mol. The quantitative estimate of drug-likeness (QED) is 0.623. The predicted octanol–water partition coefficient (Wildman–Crippen LogP) is 3.12. The molecular weight excluding hydrogens is 351 g/mol. The molecule has 0 heterocycles. The molecule has 1 aromatic carbocycles. The third-order valence-electron chi connectivity index (χ3n) is 2.25. The number of halogens is 2. The molecule has 1 aliphatic rings. The zero-order valence-corrected chi connectivity index (χ0v) is 11.4. The maximum atomic E-state index is 3.51. The van der Waals surface area contributed by atoms with Gasteiger partial charge in [0.05, 0.1) is 0 Å². The second kappa shape index (κ2) is 4.62. The molecule has 0 aromatic heterocycles. The van der Waals surface area contributed by atoms with Crippen LogP contribution in [0.1, 0.15) is 12.8 Å². The second-order valence-electron chi connectivity index (χ2n) is 3.27. The summed E-state index contributed by atoms with van der Waals surface area (Å²) in [6.07, 6.45) is 8.84. The third kappa shape index (κ3) is 2.28. The molecule has 0 atom stereocenters. The van der Waals surface area contributed by atoms with Gasteiger partial charge in [0.15, 0.2) is 0 Å². The Labute approximate surface area is 106 Å². The minimum absolute atomic E-state index is 1.14. The topological polar surface area (TPSA) is 0 Å². The van der Waals surface area contributed by atoms with E-state index in [-0.39, 0.29) is 0 Å². The molecule has 1 aromatic rings. The molecular formula is C12H10BrI. The van der Waals surface area contributed by atoms with Crippen LogP contribution in [0.3, 0.4) is 0 Å². The minimum atomic E-state index is 1.14. The molecule has 0 aliphatic heterocycles. The van der Waals surface area contributed by atoms with E-state index in [1.807, 2.05) is 0 Å². The van der Waals surface area contributed by atoms with Crippen molar-refractivity contribution in [1.82, 2.24) is 0 Å². The van der Waals surface area contributed by atoms with Crippen molar-refractivity contribution in [1.29, 1.82) is 0 Å². The summed E-state index contributed by atoms with van der Waals surface area (Å²) < 4.78 is 2.60. The van der Waals surface area contributed by atoms with Crippen LogP contribution in [0.25, 0.3) is 9.66 Å². The molecule has 0 amide bonds. The van der Waals surface area contributed by atoms with Crippen LogP contribution in [0.15, 0.2) is 34.8 Å². The van der Waals surface area contributed by atoms with Gasteiger partial charge in [-0.1, -0.05) is 40.2 Å². The summed E-state index contributed by atoms with van der Waals surface area (Å²) in [6.45, 7) is 0. The monoisotopic (exact) mass is 360 g/mol. The average molecular weight is 361 g/mol. The first-order valence-electron chi connectivity index (χ1n) is 4.58. The number of hydrogen-bond donors (Lipinski definition) is 0. The molecule has 2 heteroatoms. The molecule has 0 nitrogen and oxygen atoms in total. The Bertz CT molecular complexity index is 486. The molecule has 0 radical (unpaired) electrons. The number of benzene rings is 1. The maximum Gasteiger partial charge on any atom is 0.0181 e. The largest absolute Gasteiger partial charge is 0.0842 e. The van der Waals surface area contributed by atoms with Crippen LogP contribution < -0.4 is 10.4 Å². The van der Waals surface area contributed by atoms with Crippen LogP contribution in [0.5, 0.6) is 0 Å². The number of fused-ring (bicyclic) bond motifs is 1. The van der Waals surface area contributed by atoms with Gasteiger partial charge in [-0.15, -0.1) is 0 Å². The van der Waals surface area contributed by atoms with Gasteiger partial charge in [0.1, 0.15) is 0 Å². The fourth-order valence-corrected chi connectivity index (χ4v) is 2.66. The van der Waals surface area contributed by atoms with Crippen molar-refractivity contribution >= 4 is 48.2 Å². The smallest absolute Gasteiger partial charge is 0.0181 e. The average Bonchev–Trinajstić information content (AvgIpc) is 2.16. The van der Waals surface area contributed by atoms with E-state index in [1.165, 1.54) is 14.0 Å². The first-order chi connectivity index (χ1) is 6.77. The SMILES string of the molecule is Brc1ccc2/c(c1)=C(/I)CC/C=C\C=2. The normalized spacial score (nSPS) is 24.0. The Morgan fingerprint density at radius 2 is 2.14 bits per heavy atom. The molecule has 0 spiro atoms. The lowest BCUT2D eigenvalue weighted by molar-refractivity contribution is 1.09. The summed E-state index contributed by atoms with van der Waals surface area (Å²) in [4.78, 5) is 0.